The summed E-state index contributed by atoms with van der Waals surface area (Å²) in [5.41, 5.74) is 2.67. The van der Waals surface area contributed by atoms with Crippen molar-refractivity contribution < 1.29 is 9.84 Å². The first kappa shape index (κ1) is 11.4. The average molecular weight is 221 g/mol. The molecule has 1 aliphatic rings. The second-order valence-corrected chi connectivity index (χ2v) is 5.04. The molecule has 0 radical (unpaired) electrons. The molecule has 1 aromatic carbocycles. The van der Waals surface area contributed by atoms with E-state index in [4.69, 9.17) is 4.74 Å². The van der Waals surface area contributed by atoms with E-state index in [-0.39, 0.29) is 12.1 Å². The molecule has 1 N–H and O–H groups in total. The Kier molecular flexibility index (Phi) is 2.91. The molecular formula is C13H19NO2. The highest BCUT2D eigenvalue weighted by atomic mass is 16.5. The topological polar surface area (TPSA) is 32.7 Å². The molecular weight excluding hydrogens is 202 g/mol. The van der Waals surface area contributed by atoms with Gasteiger partial charge >= 0.3 is 0 Å². The van der Waals surface area contributed by atoms with Gasteiger partial charge in [-0.15, -0.1) is 0 Å². The number of benzene rings is 1. The highest BCUT2D eigenvalue weighted by Gasteiger charge is 2.31. The van der Waals surface area contributed by atoms with E-state index >= 15 is 0 Å². The summed E-state index contributed by atoms with van der Waals surface area (Å²) in [6.07, 6.45) is 0. The zero-order valence-corrected chi connectivity index (χ0v) is 10.2. The van der Waals surface area contributed by atoms with E-state index < -0.39 is 0 Å². The summed E-state index contributed by atoms with van der Waals surface area (Å²) in [4.78, 5) is 2.05. The maximum atomic E-state index is 9.25. The molecule has 0 amide bonds. The fraction of sp³-hybridized carbons (Fsp3) is 0.538. The van der Waals surface area contributed by atoms with Crippen LogP contribution < -0.4 is 4.74 Å². The minimum absolute atomic E-state index is 0.0604. The zero-order chi connectivity index (χ0) is 11.8. The summed E-state index contributed by atoms with van der Waals surface area (Å²) >= 11 is 0. The van der Waals surface area contributed by atoms with E-state index in [0.717, 1.165) is 18.8 Å². The fourth-order valence-electron chi connectivity index (χ4n) is 2.49. The van der Waals surface area contributed by atoms with Gasteiger partial charge in [-0.1, -0.05) is 19.9 Å². The summed E-state index contributed by atoms with van der Waals surface area (Å²) < 4.78 is 5.26. The van der Waals surface area contributed by atoms with Crippen molar-refractivity contribution in [1.29, 1.82) is 0 Å². The zero-order valence-electron chi connectivity index (χ0n) is 10.2. The molecule has 3 heteroatoms. The van der Waals surface area contributed by atoms with Gasteiger partial charge in [-0.2, -0.15) is 0 Å². The van der Waals surface area contributed by atoms with Gasteiger partial charge < -0.3 is 9.84 Å². The lowest BCUT2D eigenvalue weighted by molar-refractivity contribution is 0.0722. The van der Waals surface area contributed by atoms with Crippen LogP contribution in [0.1, 0.15) is 25.0 Å². The van der Waals surface area contributed by atoms with Gasteiger partial charge in [-0.3, -0.25) is 4.90 Å². The van der Waals surface area contributed by atoms with Crippen LogP contribution in [0.4, 0.5) is 0 Å². The molecule has 0 aromatic heterocycles. The molecule has 0 spiro atoms. The summed E-state index contributed by atoms with van der Waals surface area (Å²) in [7, 11) is 1.69. The molecule has 3 nitrogen and oxygen atoms in total. The number of nitrogens with zero attached hydrogens (tertiary/aromatic N) is 1. The van der Waals surface area contributed by atoms with Crippen LogP contribution in [0.5, 0.6) is 5.75 Å². The van der Waals surface area contributed by atoms with Gasteiger partial charge in [0.25, 0.3) is 0 Å². The van der Waals surface area contributed by atoms with Crippen molar-refractivity contribution in [3.8, 4) is 5.75 Å². The monoisotopic (exact) mass is 221 g/mol. The number of aliphatic hydroxyl groups is 1. The summed E-state index contributed by atoms with van der Waals surface area (Å²) in [5.74, 6) is 0.907. The molecule has 0 saturated carbocycles. The van der Waals surface area contributed by atoms with Crippen molar-refractivity contribution in [2.24, 2.45) is 0 Å². The van der Waals surface area contributed by atoms with Gasteiger partial charge in [0.2, 0.25) is 0 Å². The largest absolute Gasteiger partial charge is 0.497 e. The fourth-order valence-corrected chi connectivity index (χ4v) is 2.49. The Morgan fingerprint density at radius 3 is 2.81 bits per heavy atom. The Morgan fingerprint density at radius 2 is 2.19 bits per heavy atom. The molecule has 16 heavy (non-hydrogen) atoms. The standard InChI is InChI=1S/C13H19NO2/c1-13(2)8-14(9-15)7-10-4-5-11(16-3)6-12(10)13/h4-6,15H,7-9H2,1-3H3. The normalized spacial score (nSPS) is 19.2. The Morgan fingerprint density at radius 1 is 1.44 bits per heavy atom. The lowest BCUT2D eigenvalue weighted by Gasteiger charge is -2.39. The van der Waals surface area contributed by atoms with Crippen molar-refractivity contribution in [1.82, 2.24) is 4.90 Å². The molecule has 0 atom stereocenters. The number of hydrogen-bond acceptors (Lipinski definition) is 3. The van der Waals surface area contributed by atoms with E-state index in [1.54, 1.807) is 7.11 Å². The van der Waals surface area contributed by atoms with Crippen molar-refractivity contribution >= 4 is 0 Å². The maximum Gasteiger partial charge on any atom is 0.119 e. The first-order valence-electron chi connectivity index (χ1n) is 5.57. The number of fused-ring (bicyclic) bond motifs is 1. The van der Waals surface area contributed by atoms with Gasteiger partial charge in [0.15, 0.2) is 0 Å². The third kappa shape index (κ3) is 1.93. The highest BCUT2D eigenvalue weighted by Crippen LogP contribution is 2.35. The number of hydrogen-bond donors (Lipinski definition) is 1. The minimum Gasteiger partial charge on any atom is -0.497 e. The smallest absolute Gasteiger partial charge is 0.119 e. The first-order chi connectivity index (χ1) is 7.56. The molecule has 88 valence electrons. The lowest BCUT2D eigenvalue weighted by atomic mass is 9.78. The molecule has 1 heterocycles. The molecule has 1 aromatic rings. The average Bonchev–Trinajstić information content (AvgIpc) is 2.27. The van der Waals surface area contributed by atoms with E-state index in [1.807, 2.05) is 6.07 Å². The van der Waals surface area contributed by atoms with Crippen LogP contribution >= 0.6 is 0 Å². The van der Waals surface area contributed by atoms with E-state index in [0.29, 0.717) is 0 Å². The van der Waals surface area contributed by atoms with Gasteiger partial charge in [-0.25, -0.2) is 0 Å². The summed E-state index contributed by atoms with van der Waals surface area (Å²) in [5, 5.41) is 9.25. The number of methoxy groups -OCH3 is 1. The molecule has 0 bridgehead atoms. The van der Waals surface area contributed by atoms with Crippen molar-refractivity contribution in [2.45, 2.75) is 25.8 Å². The van der Waals surface area contributed by atoms with Gasteiger partial charge in [-0.05, 0) is 23.3 Å². The Labute approximate surface area is 96.6 Å². The molecule has 0 saturated heterocycles. The predicted octanol–water partition coefficient (Wildman–Crippen LogP) is 1.74. The predicted molar refractivity (Wildman–Crippen MR) is 63.5 cm³/mol. The SMILES string of the molecule is COc1ccc2c(c1)C(C)(C)CN(CO)C2. The number of aliphatic hydroxyl groups excluding tert-OH is 1. The van der Waals surface area contributed by atoms with E-state index in [1.165, 1.54) is 11.1 Å². The highest BCUT2D eigenvalue weighted by molar-refractivity contribution is 5.41. The van der Waals surface area contributed by atoms with Crippen LogP contribution in [-0.2, 0) is 12.0 Å². The summed E-state index contributed by atoms with van der Waals surface area (Å²) in [6.45, 7) is 6.22. The van der Waals surface area contributed by atoms with E-state index in [2.05, 4.69) is 30.9 Å². The third-order valence-corrected chi connectivity index (χ3v) is 3.26. The third-order valence-electron chi connectivity index (χ3n) is 3.26. The van der Waals surface area contributed by atoms with Crippen LogP contribution in [0.15, 0.2) is 18.2 Å². The lowest BCUT2D eigenvalue weighted by Crippen LogP contribution is -2.42. The Hall–Kier alpha value is -1.06. The quantitative estimate of drug-likeness (QED) is 0.825. The van der Waals surface area contributed by atoms with Gasteiger partial charge in [0.05, 0.1) is 13.8 Å². The second-order valence-electron chi connectivity index (χ2n) is 5.04. The minimum atomic E-state index is 0.0604. The number of ether oxygens (including phenoxy) is 1. The van der Waals surface area contributed by atoms with Crippen LogP contribution in [0.3, 0.4) is 0 Å². The molecule has 0 fully saturated rings. The van der Waals surface area contributed by atoms with Crippen molar-refractivity contribution in [3.05, 3.63) is 29.3 Å². The Balaban J connectivity index is 2.43. The first-order valence-corrected chi connectivity index (χ1v) is 5.57. The Bertz CT molecular complexity index is 388. The van der Waals surface area contributed by atoms with Gasteiger partial charge in [0.1, 0.15) is 5.75 Å². The molecule has 1 aliphatic heterocycles. The molecule has 0 aliphatic carbocycles. The van der Waals surface area contributed by atoms with Crippen LogP contribution in [-0.4, -0.2) is 30.4 Å². The van der Waals surface area contributed by atoms with Gasteiger partial charge in [0, 0.05) is 18.5 Å². The number of rotatable bonds is 2. The van der Waals surface area contributed by atoms with Crippen molar-refractivity contribution in [2.75, 3.05) is 20.4 Å². The maximum absolute atomic E-state index is 9.25. The van der Waals surface area contributed by atoms with Crippen LogP contribution in [0, 0.1) is 0 Å². The second kappa shape index (κ2) is 4.07. The van der Waals surface area contributed by atoms with Crippen molar-refractivity contribution in [3.63, 3.8) is 0 Å². The van der Waals surface area contributed by atoms with E-state index in [9.17, 15) is 5.11 Å². The molecule has 0 unspecified atom stereocenters. The molecule has 2 rings (SSSR count). The summed E-state index contributed by atoms with van der Waals surface area (Å²) in [6, 6.07) is 6.19. The van der Waals surface area contributed by atoms with Crippen LogP contribution in [0.25, 0.3) is 0 Å². The van der Waals surface area contributed by atoms with Crippen LogP contribution in [0.2, 0.25) is 0 Å².